The van der Waals surface area contributed by atoms with Crippen molar-refractivity contribution in [3.8, 4) is 0 Å². The molecule has 1 atom stereocenters. The van der Waals surface area contributed by atoms with Crippen LogP contribution in [0.3, 0.4) is 0 Å². The molecule has 2 aromatic carbocycles. The average Bonchev–Trinajstić information content (AvgIpc) is 2.49. The molecule has 21 heavy (non-hydrogen) atoms. The van der Waals surface area contributed by atoms with E-state index >= 15 is 0 Å². The second-order valence-corrected chi connectivity index (χ2v) is 5.32. The highest BCUT2D eigenvalue weighted by Gasteiger charge is 2.31. The largest absolute Gasteiger partial charge is 0.368 e. The maximum absolute atomic E-state index is 13.8. The Morgan fingerprint density at radius 3 is 2.67 bits per heavy atom. The van der Waals surface area contributed by atoms with Gasteiger partial charge in [0.05, 0.1) is 0 Å². The number of benzene rings is 2. The molecule has 2 N–H and O–H groups in total. The third-order valence-electron chi connectivity index (χ3n) is 3.98. The molecule has 3 rings (SSSR count). The van der Waals surface area contributed by atoms with Gasteiger partial charge in [-0.05, 0) is 23.6 Å². The molecule has 0 aromatic heterocycles. The summed E-state index contributed by atoms with van der Waals surface area (Å²) in [4.78, 5) is 13.8. The number of carbonyl (C=O) groups excluding carboxylic acids is 1. The van der Waals surface area contributed by atoms with Crippen LogP contribution in [0.25, 0.3) is 0 Å². The number of hydrogen-bond acceptors (Lipinski definition) is 2. The van der Waals surface area contributed by atoms with Crippen LogP contribution >= 0.6 is 0 Å². The fourth-order valence-corrected chi connectivity index (χ4v) is 2.97. The molecule has 4 heteroatoms. The Kier molecular flexibility index (Phi) is 3.71. The van der Waals surface area contributed by atoms with Crippen LogP contribution in [0.2, 0.25) is 0 Å². The lowest BCUT2D eigenvalue weighted by molar-refractivity contribution is -0.124. The van der Waals surface area contributed by atoms with Gasteiger partial charge in [-0.25, -0.2) is 4.39 Å². The fourth-order valence-electron chi connectivity index (χ4n) is 2.97. The smallest absolute Gasteiger partial charge is 0.239 e. The molecule has 0 bridgehead atoms. The van der Waals surface area contributed by atoms with E-state index in [-0.39, 0.29) is 5.82 Å². The third kappa shape index (κ3) is 2.67. The Labute approximate surface area is 123 Å². The van der Waals surface area contributed by atoms with Crippen LogP contribution in [0, 0.1) is 5.82 Å². The minimum absolute atomic E-state index is 0.250. The van der Waals surface area contributed by atoms with E-state index in [1.165, 1.54) is 6.07 Å². The first-order chi connectivity index (χ1) is 10.2. The molecule has 3 nitrogen and oxygen atoms in total. The molecule has 0 aliphatic carbocycles. The summed E-state index contributed by atoms with van der Waals surface area (Å²) in [6.07, 6.45) is 0.842. The highest BCUT2D eigenvalue weighted by molar-refractivity contribution is 5.82. The van der Waals surface area contributed by atoms with Gasteiger partial charge in [-0.1, -0.05) is 42.5 Å². The van der Waals surface area contributed by atoms with E-state index < -0.39 is 11.9 Å². The van der Waals surface area contributed by atoms with Crippen molar-refractivity contribution in [2.75, 3.05) is 6.54 Å². The molecular weight excluding hydrogens is 267 g/mol. The number of nitrogens with two attached hydrogens (primary N) is 1. The van der Waals surface area contributed by atoms with E-state index in [4.69, 9.17) is 5.73 Å². The number of amides is 1. The summed E-state index contributed by atoms with van der Waals surface area (Å²) in [5.41, 5.74) is 8.26. The summed E-state index contributed by atoms with van der Waals surface area (Å²) >= 11 is 0. The molecule has 0 radical (unpaired) electrons. The van der Waals surface area contributed by atoms with Crippen molar-refractivity contribution in [3.63, 3.8) is 0 Å². The topological polar surface area (TPSA) is 46.3 Å². The van der Waals surface area contributed by atoms with Gasteiger partial charge in [0.25, 0.3) is 0 Å². The standard InChI is InChI=1S/C17H17FN2O/c18-15-8-4-2-6-13(15)11-20-10-9-12-5-1-3-7-14(12)16(20)17(19)21/h1-8,16H,9-11H2,(H2,19,21). The van der Waals surface area contributed by atoms with Crippen molar-refractivity contribution in [3.05, 3.63) is 71.0 Å². The van der Waals surface area contributed by atoms with Gasteiger partial charge in [0.1, 0.15) is 11.9 Å². The highest BCUT2D eigenvalue weighted by atomic mass is 19.1. The summed E-state index contributed by atoms with van der Waals surface area (Å²) in [7, 11) is 0. The minimum Gasteiger partial charge on any atom is -0.368 e. The molecule has 0 saturated heterocycles. The maximum atomic E-state index is 13.8. The van der Waals surface area contributed by atoms with Crippen LogP contribution in [-0.4, -0.2) is 17.4 Å². The first-order valence-electron chi connectivity index (χ1n) is 7.01. The Bertz CT molecular complexity index is 671. The van der Waals surface area contributed by atoms with Crippen molar-refractivity contribution in [1.82, 2.24) is 4.90 Å². The number of rotatable bonds is 3. The zero-order valence-corrected chi connectivity index (χ0v) is 11.6. The quantitative estimate of drug-likeness (QED) is 0.941. The molecular formula is C17H17FN2O. The van der Waals surface area contributed by atoms with Gasteiger partial charge in [-0.15, -0.1) is 0 Å². The lowest BCUT2D eigenvalue weighted by Gasteiger charge is -2.35. The molecule has 1 heterocycles. The van der Waals surface area contributed by atoms with Crippen LogP contribution in [-0.2, 0) is 17.8 Å². The van der Waals surface area contributed by atoms with Gasteiger partial charge < -0.3 is 5.73 Å². The Morgan fingerprint density at radius 1 is 1.19 bits per heavy atom. The monoisotopic (exact) mass is 284 g/mol. The fraction of sp³-hybridized carbons (Fsp3) is 0.235. The average molecular weight is 284 g/mol. The lowest BCUT2D eigenvalue weighted by Crippen LogP contribution is -2.42. The first kappa shape index (κ1) is 13.8. The number of halogens is 1. The van der Waals surface area contributed by atoms with Crippen molar-refractivity contribution in [2.24, 2.45) is 5.73 Å². The maximum Gasteiger partial charge on any atom is 0.239 e. The van der Waals surface area contributed by atoms with Gasteiger partial charge in [0.2, 0.25) is 5.91 Å². The molecule has 1 aliphatic rings. The van der Waals surface area contributed by atoms with Crippen molar-refractivity contribution < 1.29 is 9.18 Å². The molecule has 1 aliphatic heterocycles. The second kappa shape index (κ2) is 5.66. The van der Waals surface area contributed by atoms with E-state index in [0.29, 0.717) is 18.7 Å². The normalized spacial score (nSPS) is 18.2. The van der Waals surface area contributed by atoms with Crippen molar-refractivity contribution in [1.29, 1.82) is 0 Å². The molecule has 1 amide bonds. The number of fused-ring (bicyclic) bond motifs is 1. The van der Waals surface area contributed by atoms with Gasteiger partial charge >= 0.3 is 0 Å². The predicted molar refractivity (Wildman–Crippen MR) is 78.9 cm³/mol. The molecule has 0 saturated carbocycles. The molecule has 108 valence electrons. The van der Waals surface area contributed by atoms with Gasteiger partial charge in [0.15, 0.2) is 0 Å². The van der Waals surface area contributed by atoms with E-state index in [9.17, 15) is 9.18 Å². The summed E-state index contributed by atoms with van der Waals surface area (Å²) in [5.74, 6) is -0.641. The summed E-state index contributed by atoms with van der Waals surface area (Å²) < 4.78 is 13.8. The molecule has 0 fully saturated rings. The number of nitrogens with zero attached hydrogens (tertiary/aromatic N) is 1. The summed E-state index contributed by atoms with van der Waals surface area (Å²) in [6.45, 7) is 1.08. The summed E-state index contributed by atoms with van der Waals surface area (Å²) in [6, 6.07) is 14.0. The zero-order valence-electron chi connectivity index (χ0n) is 11.6. The molecule has 1 unspecified atom stereocenters. The molecule has 2 aromatic rings. The zero-order chi connectivity index (χ0) is 14.8. The third-order valence-corrected chi connectivity index (χ3v) is 3.98. The number of hydrogen-bond donors (Lipinski definition) is 1. The van der Waals surface area contributed by atoms with Crippen LogP contribution < -0.4 is 5.73 Å². The lowest BCUT2D eigenvalue weighted by atomic mass is 9.92. The number of carbonyl (C=O) groups is 1. The predicted octanol–water partition coefficient (Wildman–Crippen LogP) is 2.41. The molecule has 0 spiro atoms. The second-order valence-electron chi connectivity index (χ2n) is 5.32. The van der Waals surface area contributed by atoms with Crippen LogP contribution in [0.5, 0.6) is 0 Å². The van der Waals surface area contributed by atoms with Gasteiger partial charge in [-0.2, -0.15) is 0 Å². The first-order valence-corrected chi connectivity index (χ1v) is 7.01. The SMILES string of the molecule is NC(=O)C1c2ccccc2CCN1Cc1ccccc1F. The van der Waals surface area contributed by atoms with Gasteiger partial charge in [0, 0.05) is 18.7 Å². The summed E-state index contributed by atoms with van der Waals surface area (Å²) in [5, 5.41) is 0. The number of primary amides is 1. The van der Waals surface area contributed by atoms with E-state index in [0.717, 1.165) is 17.5 Å². The van der Waals surface area contributed by atoms with Crippen molar-refractivity contribution in [2.45, 2.75) is 19.0 Å². The Hall–Kier alpha value is -2.20. The highest BCUT2D eigenvalue weighted by Crippen LogP contribution is 2.30. The van der Waals surface area contributed by atoms with Crippen LogP contribution in [0.1, 0.15) is 22.7 Å². The Balaban J connectivity index is 1.93. The van der Waals surface area contributed by atoms with E-state index in [1.807, 2.05) is 29.2 Å². The van der Waals surface area contributed by atoms with E-state index in [1.54, 1.807) is 18.2 Å². The van der Waals surface area contributed by atoms with Gasteiger partial charge in [-0.3, -0.25) is 9.69 Å². The minimum atomic E-state index is -0.491. The Morgan fingerprint density at radius 2 is 1.90 bits per heavy atom. The van der Waals surface area contributed by atoms with Crippen LogP contribution in [0.15, 0.2) is 48.5 Å². The van der Waals surface area contributed by atoms with Crippen LogP contribution in [0.4, 0.5) is 4.39 Å². The van der Waals surface area contributed by atoms with E-state index in [2.05, 4.69) is 0 Å². The van der Waals surface area contributed by atoms with Crippen molar-refractivity contribution >= 4 is 5.91 Å².